The molecule has 5 nitrogen and oxygen atoms in total. The highest BCUT2D eigenvalue weighted by atomic mass is 32.2. The molecule has 2 rings (SSSR count). The van der Waals surface area contributed by atoms with Gasteiger partial charge in [0.25, 0.3) is 5.56 Å². The Labute approximate surface area is 130 Å². The van der Waals surface area contributed by atoms with Gasteiger partial charge in [-0.2, -0.15) is 11.8 Å². The van der Waals surface area contributed by atoms with Gasteiger partial charge in [-0.05, 0) is 18.4 Å². The van der Waals surface area contributed by atoms with E-state index < -0.39 is 5.97 Å². The van der Waals surface area contributed by atoms with Gasteiger partial charge in [-0.3, -0.25) is 14.2 Å². The standard InChI is InChI=1S/C14H16N2O3S2/c1-9(20-2)7-16-13(19)10-5-3-4-6-11(10)15-14(16)21-8-12(17)18/h3-6,9H,7-8H2,1-2H3,(H,17,18). The number of hydrogen-bond donors (Lipinski definition) is 1. The van der Waals surface area contributed by atoms with Crippen LogP contribution in [0.1, 0.15) is 6.92 Å². The van der Waals surface area contributed by atoms with Crippen LogP contribution in [0.25, 0.3) is 10.9 Å². The maximum absolute atomic E-state index is 12.6. The van der Waals surface area contributed by atoms with Gasteiger partial charge in [0.1, 0.15) is 0 Å². The van der Waals surface area contributed by atoms with E-state index in [1.54, 1.807) is 34.5 Å². The molecule has 1 unspecified atom stereocenters. The highest BCUT2D eigenvalue weighted by molar-refractivity contribution is 7.99. The van der Waals surface area contributed by atoms with Crippen molar-refractivity contribution < 1.29 is 9.90 Å². The van der Waals surface area contributed by atoms with E-state index in [-0.39, 0.29) is 16.6 Å². The van der Waals surface area contributed by atoms with Crippen molar-refractivity contribution in [3.8, 4) is 0 Å². The molecule has 0 radical (unpaired) electrons. The molecule has 21 heavy (non-hydrogen) atoms. The first-order valence-electron chi connectivity index (χ1n) is 6.40. The Morgan fingerprint density at radius 3 is 2.81 bits per heavy atom. The minimum Gasteiger partial charge on any atom is -0.481 e. The summed E-state index contributed by atoms with van der Waals surface area (Å²) in [4.78, 5) is 27.8. The van der Waals surface area contributed by atoms with E-state index in [2.05, 4.69) is 4.98 Å². The number of hydrogen-bond acceptors (Lipinski definition) is 5. The van der Waals surface area contributed by atoms with Crippen molar-refractivity contribution in [1.82, 2.24) is 9.55 Å². The van der Waals surface area contributed by atoms with Gasteiger partial charge in [-0.25, -0.2) is 4.98 Å². The number of aromatic nitrogens is 2. The lowest BCUT2D eigenvalue weighted by Crippen LogP contribution is -2.27. The highest BCUT2D eigenvalue weighted by Gasteiger charge is 2.14. The summed E-state index contributed by atoms with van der Waals surface area (Å²) in [5.74, 6) is -1.04. The van der Waals surface area contributed by atoms with Crippen molar-refractivity contribution in [1.29, 1.82) is 0 Å². The lowest BCUT2D eigenvalue weighted by molar-refractivity contribution is -0.133. The van der Waals surface area contributed by atoms with Crippen LogP contribution in [0.5, 0.6) is 0 Å². The number of nitrogens with zero attached hydrogens (tertiary/aromatic N) is 2. The zero-order valence-electron chi connectivity index (χ0n) is 11.8. The molecule has 0 saturated heterocycles. The van der Waals surface area contributed by atoms with E-state index in [4.69, 9.17) is 5.11 Å². The minimum atomic E-state index is -0.924. The van der Waals surface area contributed by atoms with Crippen molar-refractivity contribution in [3.05, 3.63) is 34.6 Å². The van der Waals surface area contributed by atoms with Gasteiger partial charge >= 0.3 is 5.97 Å². The lowest BCUT2D eigenvalue weighted by Gasteiger charge is -2.15. The Morgan fingerprint density at radius 1 is 1.43 bits per heavy atom. The quantitative estimate of drug-likeness (QED) is 0.649. The molecular formula is C14H16N2O3S2. The molecule has 1 heterocycles. The number of fused-ring (bicyclic) bond motifs is 1. The number of carboxylic acid groups (broad SMARTS) is 1. The van der Waals surface area contributed by atoms with Crippen LogP contribution in [0.4, 0.5) is 0 Å². The molecule has 0 fully saturated rings. The summed E-state index contributed by atoms with van der Waals surface area (Å²) in [6.45, 7) is 2.54. The maximum atomic E-state index is 12.6. The van der Waals surface area contributed by atoms with E-state index in [1.165, 1.54) is 0 Å². The van der Waals surface area contributed by atoms with Crippen LogP contribution in [0.15, 0.2) is 34.2 Å². The zero-order chi connectivity index (χ0) is 15.4. The second-order valence-electron chi connectivity index (χ2n) is 4.56. The largest absolute Gasteiger partial charge is 0.481 e. The molecule has 0 aliphatic heterocycles. The number of carbonyl (C=O) groups is 1. The van der Waals surface area contributed by atoms with E-state index in [1.807, 2.05) is 19.2 Å². The van der Waals surface area contributed by atoms with E-state index in [0.717, 1.165) is 11.8 Å². The Kier molecular flexibility index (Phi) is 5.30. The molecule has 0 saturated carbocycles. The van der Waals surface area contributed by atoms with Crippen LogP contribution in [-0.4, -0.2) is 37.9 Å². The van der Waals surface area contributed by atoms with Gasteiger partial charge in [0.05, 0.1) is 16.7 Å². The zero-order valence-corrected chi connectivity index (χ0v) is 13.4. The molecule has 7 heteroatoms. The first-order valence-corrected chi connectivity index (χ1v) is 8.67. The van der Waals surface area contributed by atoms with E-state index in [9.17, 15) is 9.59 Å². The summed E-state index contributed by atoms with van der Waals surface area (Å²) in [7, 11) is 0. The fourth-order valence-corrected chi connectivity index (χ4v) is 2.90. The molecule has 2 aromatic rings. The second kappa shape index (κ2) is 7.00. The molecule has 1 aromatic carbocycles. The van der Waals surface area contributed by atoms with Gasteiger partial charge in [0, 0.05) is 11.8 Å². The Bertz CT molecular complexity index is 715. The third kappa shape index (κ3) is 3.79. The summed E-state index contributed by atoms with van der Waals surface area (Å²) in [6.07, 6.45) is 1.98. The predicted molar refractivity (Wildman–Crippen MR) is 87.3 cm³/mol. The van der Waals surface area contributed by atoms with Crippen LogP contribution in [0.2, 0.25) is 0 Å². The summed E-state index contributed by atoms with van der Waals surface area (Å²) >= 11 is 2.73. The van der Waals surface area contributed by atoms with Crippen molar-refractivity contribution in [3.63, 3.8) is 0 Å². The number of thioether (sulfide) groups is 2. The lowest BCUT2D eigenvalue weighted by atomic mass is 10.2. The monoisotopic (exact) mass is 324 g/mol. The molecule has 112 valence electrons. The minimum absolute atomic E-state index is 0.113. The molecular weight excluding hydrogens is 308 g/mol. The van der Waals surface area contributed by atoms with Gasteiger partial charge in [-0.1, -0.05) is 30.8 Å². The van der Waals surface area contributed by atoms with Crippen molar-refractivity contribution >= 4 is 40.4 Å². The fourth-order valence-electron chi connectivity index (χ4n) is 1.88. The maximum Gasteiger partial charge on any atom is 0.313 e. The summed E-state index contributed by atoms with van der Waals surface area (Å²) in [5, 5.41) is 10.1. The molecule has 0 aliphatic rings. The van der Waals surface area contributed by atoms with Gasteiger partial charge < -0.3 is 5.11 Å². The second-order valence-corrected chi connectivity index (χ2v) is 6.77. The third-order valence-electron chi connectivity index (χ3n) is 2.99. The molecule has 0 bridgehead atoms. The first kappa shape index (κ1) is 15.9. The third-order valence-corrected chi connectivity index (χ3v) is 4.91. The van der Waals surface area contributed by atoms with Gasteiger partial charge in [0.15, 0.2) is 5.16 Å². The van der Waals surface area contributed by atoms with E-state index in [0.29, 0.717) is 22.6 Å². The summed E-state index contributed by atoms with van der Waals surface area (Å²) in [6, 6.07) is 7.13. The summed E-state index contributed by atoms with van der Waals surface area (Å²) < 4.78 is 1.58. The number of rotatable bonds is 6. The number of carboxylic acids is 1. The van der Waals surface area contributed by atoms with Crippen molar-refractivity contribution in [2.45, 2.75) is 23.9 Å². The van der Waals surface area contributed by atoms with Gasteiger partial charge in [-0.15, -0.1) is 0 Å². The van der Waals surface area contributed by atoms with Crippen LogP contribution >= 0.6 is 23.5 Å². The van der Waals surface area contributed by atoms with Crippen LogP contribution in [0.3, 0.4) is 0 Å². The molecule has 0 aliphatic carbocycles. The Hall–Kier alpha value is -1.47. The van der Waals surface area contributed by atoms with Crippen molar-refractivity contribution in [2.24, 2.45) is 0 Å². The topological polar surface area (TPSA) is 72.2 Å². The average Bonchev–Trinajstić information content (AvgIpc) is 2.48. The Balaban J connectivity index is 2.53. The molecule has 1 aromatic heterocycles. The number of benzene rings is 1. The molecule has 0 amide bonds. The van der Waals surface area contributed by atoms with Crippen LogP contribution in [-0.2, 0) is 11.3 Å². The van der Waals surface area contributed by atoms with Crippen LogP contribution in [0, 0.1) is 0 Å². The first-order chi connectivity index (χ1) is 10.0. The highest BCUT2D eigenvalue weighted by Crippen LogP contribution is 2.19. The average molecular weight is 324 g/mol. The summed E-state index contributed by atoms with van der Waals surface area (Å²) in [5.41, 5.74) is 0.484. The molecule has 0 spiro atoms. The number of para-hydroxylation sites is 1. The van der Waals surface area contributed by atoms with Gasteiger partial charge in [0.2, 0.25) is 0 Å². The normalized spacial score (nSPS) is 12.5. The Morgan fingerprint density at radius 2 is 2.14 bits per heavy atom. The van der Waals surface area contributed by atoms with Crippen LogP contribution < -0.4 is 5.56 Å². The molecule has 1 N–H and O–H groups in total. The smallest absolute Gasteiger partial charge is 0.313 e. The SMILES string of the molecule is CSC(C)Cn1c(SCC(=O)O)nc2ccccc2c1=O. The van der Waals surface area contributed by atoms with Crippen molar-refractivity contribution in [2.75, 3.05) is 12.0 Å². The predicted octanol–water partition coefficient (Wildman–Crippen LogP) is 2.32. The number of aliphatic carboxylic acids is 1. The van der Waals surface area contributed by atoms with E-state index >= 15 is 0 Å². The fraction of sp³-hybridized carbons (Fsp3) is 0.357. The molecule has 1 atom stereocenters.